The van der Waals surface area contributed by atoms with Crippen LogP contribution in [0, 0.1) is 11.1 Å². The van der Waals surface area contributed by atoms with Crippen molar-refractivity contribution in [3.8, 4) is 11.1 Å². The van der Waals surface area contributed by atoms with Crippen LogP contribution in [0.15, 0.2) is 53.5 Å². The third kappa shape index (κ3) is 4.07. The van der Waals surface area contributed by atoms with Gasteiger partial charge in [0, 0.05) is 30.1 Å². The molecule has 0 atom stereocenters. The third-order valence-corrected chi connectivity index (χ3v) is 7.70. The number of carboxylic acids is 1. The van der Waals surface area contributed by atoms with Gasteiger partial charge in [-0.2, -0.15) is 13.2 Å². The summed E-state index contributed by atoms with van der Waals surface area (Å²) in [7, 11) is 0. The molecule has 2 aliphatic heterocycles. The van der Waals surface area contributed by atoms with Crippen LogP contribution >= 0.6 is 22.7 Å². The number of nitrogens with zero attached hydrogens (tertiary/aromatic N) is 3. The number of likely N-dealkylation sites (tertiary alicyclic amines) is 1. The molecule has 33 heavy (non-hydrogen) atoms. The van der Waals surface area contributed by atoms with Gasteiger partial charge in [0.1, 0.15) is 14.6 Å². The van der Waals surface area contributed by atoms with Crippen molar-refractivity contribution >= 4 is 40.3 Å². The minimum Gasteiger partial charge on any atom is -0.740 e. The summed E-state index contributed by atoms with van der Waals surface area (Å²) in [4.78, 5) is 18.1. The van der Waals surface area contributed by atoms with Gasteiger partial charge in [-0.3, -0.25) is 9.69 Å². The first-order chi connectivity index (χ1) is 15.7. The van der Waals surface area contributed by atoms with E-state index in [0.717, 1.165) is 4.88 Å². The SMILES string of the molecule is O=C(O)C1CN(Cc2ccc(C3=[N+]([O-])C(c4cc(-c5ccccc5)c(C(F)(F)F)s4)=N3)s2)C1. The highest BCUT2D eigenvalue weighted by molar-refractivity contribution is 7.15. The minimum atomic E-state index is -4.54. The fraction of sp³-hybridized carbons (Fsp3) is 0.227. The summed E-state index contributed by atoms with van der Waals surface area (Å²) in [5.74, 6) is -1.02. The lowest BCUT2D eigenvalue weighted by Crippen LogP contribution is -2.49. The number of aliphatic imine (C=N–C) groups is 1. The summed E-state index contributed by atoms with van der Waals surface area (Å²) in [5.41, 5.74) is 0.452. The molecule has 3 aromatic rings. The average molecular weight is 492 g/mol. The molecule has 0 spiro atoms. The molecule has 1 saturated heterocycles. The van der Waals surface area contributed by atoms with Crippen LogP contribution in [-0.2, 0) is 17.5 Å². The van der Waals surface area contributed by atoms with Crippen LogP contribution in [0.4, 0.5) is 13.2 Å². The highest BCUT2D eigenvalue weighted by Crippen LogP contribution is 2.43. The maximum Gasteiger partial charge on any atom is 0.426 e. The van der Waals surface area contributed by atoms with E-state index >= 15 is 0 Å². The van der Waals surface area contributed by atoms with Gasteiger partial charge in [0.05, 0.1) is 5.92 Å². The second-order valence-corrected chi connectivity index (χ2v) is 9.99. The Kier molecular flexibility index (Phi) is 5.34. The number of hydroxylamine groups is 1. The molecule has 6 nitrogen and oxygen atoms in total. The first-order valence-corrected chi connectivity index (χ1v) is 11.6. The molecule has 4 heterocycles. The summed E-state index contributed by atoms with van der Waals surface area (Å²) in [6.07, 6.45) is -4.54. The van der Waals surface area contributed by atoms with Gasteiger partial charge in [-0.15, -0.1) is 22.7 Å². The van der Waals surface area contributed by atoms with Crippen molar-refractivity contribution in [2.45, 2.75) is 12.7 Å². The molecule has 11 heteroatoms. The molecule has 0 aliphatic carbocycles. The average Bonchev–Trinajstić information content (AvgIpc) is 3.37. The molecule has 2 aromatic heterocycles. The number of carboxylic acid groups (broad SMARTS) is 1. The van der Waals surface area contributed by atoms with Crippen LogP contribution in [-0.4, -0.2) is 45.5 Å². The lowest BCUT2D eigenvalue weighted by Gasteiger charge is -2.36. The van der Waals surface area contributed by atoms with Gasteiger partial charge in [0.15, 0.2) is 0 Å². The van der Waals surface area contributed by atoms with Crippen molar-refractivity contribution in [3.63, 3.8) is 0 Å². The standard InChI is InChI=1S/C22H16F3N3O3S2/c23-22(24,25)18-15(12-4-2-1-3-5-12)8-17(33-18)20-26-19(28(20)31)16-7-6-14(32-16)11-27-9-13(10-27)21(29)30/h1-8,13H,9-11H2,(H,29,30). The van der Waals surface area contributed by atoms with Crippen molar-refractivity contribution in [1.82, 2.24) is 4.90 Å². The molecule has 1 fully saturated rings. The van der Waals surface area contributed by atoms with Crippen LogP contribution < -0.4 is 0 Å². The van der Waals surface area contributed by atoms with Gasteiger partial charge in [0.2, 0.25) is 0 Å². The van der Waals surface area contributed by atoms with Gasteiger partial charge in [-0.05, 0) is 23.8 Å². The fourth-order valence-electron chi connectivity index (χ4n) is 3.76. The predicted octanol–water partition coefficient (Wildman–Crippen LogP) is 4.73. The van der Waals surface area contributed by atoms with Crippen molar-refractivity contribution in [2.75, 3.05) is 13.1 Å². The molecule has 1 aromatic carbocycles. The van der Waals surface area contributed by atoms with E-state index in [1.54, 1.807) is 36.4 Å². The monoisotopic (exact) mass is 491 g/mol. The van der Waals surface area contributed by atoms with E-state index in [4.69, 9.17) is 5.11 Å². The van der Waals surface area contributed by atoms with E-state index in [2.05, 4.69) is 4.99 Å². The minimum absolute atomic E-state index is 0.0280. The summed E-state index contributed by atoms with van der Waals surface area (Å²) in [5, 5.41) is 21.7. The van der Waals surface area contributed by atoms with Crippen molar-refractivity contribution in [3.05, 3.63) is 73.2 Å². The number of alkyl halides is 3. The Bertz CT molecular complexity index is 1290. The Labute approximate surface area is 194 Å². The van der Waals surface area contributed by atoms with E-state index < -0.39 is 17.0 Å². The van der Waals surface area contributed by atoms with E-state index in [1.165, 1.54) is 17.4 Å². The Hall–Kier alpha value is -3.02. The third-order valence-electron chi connectivity index (χ3n) is 5.46. The van der Waals surface area contributed by atoms with Crippen molar-refractivity contribution in [1.29, 1.82) is 0 Å². The number of aliphatic carboxylic acids is 1. The molecule has 5 rings (SSSR count). The number of hydrogen-bond acceptors (Lipinski definition) is 6. The topological polar surface area (TPSA) is 79.0 Å². The normalized spacial score (nSPS) is 17.0. The summed E-state index contributed by atoms with van der Waals surface area (Å²) >= 11 is 1.87. The lowest BCUT2D eigenvalue weighted by molar-refractivity contribution is -0.337. The van der Waals surface area contributed by atoms with Crippen LogP contribution in [0.3, 0.4) is 0 Å². The van der Waals surface area contributed by atoms with Gasteiger partial charge in [-0.1, -0.05) is 35.3 Å². The smallest absolute Gasteiger partial charge is 0.426 e. The van der Waals surface area contributed by atoms with Crippen LogP contribution in [0.2, 0.25) is 0 Å². The second kappa shape index (κ2) is 8.08. The fourth-order valence-corrected chi connectivity index (χ4v) is 5.80. The maximum absolute atomic E-state index is 13.6. The Morgan fingerprint density at radius 1 is 1.15 bits per heavy atom. The van der Waals surface area contributed by atoms with Gasteiger partial charge in [-0.25, -0.2) is 4.74 Å². The largest absolute Gasteiger partial charge is 0.740 e. The molecule has 2 aliphatic rings. The van der Waals surface area contributed by atoms with Crippen molar-refractivity contribution in [2.24, 2.45) is 10.9 Å². The summed E-state index contributed by atoms with van der Waals surface area (Å²) in [6.45, 7) is 1.55. The number of carbonyl (C=O) groups is 1. The summed E-state index contributed by atoms with van der Waals surface area (Å²) in [6, 6.07) is 13.2. The first kappa shape index (κ1) is 21.8. The van der Waals surface area contributed by atoms with E-state index in [1.807, 2.05) is 11.0 Å². The van der Waals surface area contributed by atoms with Crippen molar-refractivity contribution < 1.29 is 27.8 Å². The number of hydrogen-bond donors (Lipinski definition) is 1. The highest BCUT2D eigenvalue weighted by atomic mass is 32.1. The second-order valence-electron chi connectivity index (χ2n) is 7.77. The van der Waals surface area contributed by atoms with Gasteiger partial charge >= 0.3 is 12.1 Å². The molecule has 0 amide bonds. The maximum atomic E-state index is 13.6. The highest BCUT2D eigenvalue weighted by Gasteiger charge is 2.39. The molecule has 0 bridgehead atoms. The predicted molar refractivity (Wildman–Crippen MR) is 120 cm³/mol. The number of amidine groups is 2. The van der Waals surface area contributed by atoms with E-state index in [9.17, 15) is 23.2 Å². The number of halogens is 3. The Balaban J connectivity index is 1.34. The molecule has 1 N–H and O–H groups in total. The molecular weight excluding hydrogens is 475 g/mol. The quantitative estimate of drug-likeness (QED) is 0.400. The molecule has 0 radical (unpaired) electrons. The lowest BCUT2D eigenvalue weighted by atomic mass is 10.0. The Morgan fingerprint density at radius 3 is 2.52 bits per heavy atom. The summed E-state index contributed by atoms with van der Waals surface area (Å²) < 4.78 is 41.4. The Morgan fingerprint density at radius 2 is 1.88 bits per heavy atom. The van der Waals surface area contributed by atoms with E-state index in [-0.39, 0.29) is 28.0 Å². The zero-order valence-electron chi connectivity index (χ0n) is 16.9. The molecular formula is C22H16F3N3O3S2. The molecule has 0 unspecified atom stereocenters. The first-order valence-electron chi connectivity index (χ1n) is 9.94. The van der Waals surface area contributed by atoms with Gasteiger partial charge in [0.25, 0.3) is 11.7 Å². The zero-order chi connectivity index (χ0) is 23.3. The molecule has 0 saturated carbocycles. The number of rotatable bonds is 6. The van der Waals surface area contributed by atoms with Crippen LogP contribution in [0.5, 0.6) is 0 Å². The zero-order valence-corrected chi connectivity index (χ0v) is 18.5. The van der Waals surface area contributed by atoms with Gasteiger partial charge < -0.3 is 10.3 Å². The molecule has 170 valence electrons. The van der Waals surface area contributed by atoms with Crippen LogP contribution in [0.1, 0.15) is 19.5 Å². The van der Waals surface area contributed by atoms with Crippen LogP contribution in [0.25, 0.3) is 11.1 Å². The number of thiophene rings is 2. The van der Waals surface area contributed by atoms with E-state index in [0.29, 0.717) is 46.2 Å². The number of benzene rings is 1.